The van der Waals surface area contributed by atoms with Crippen LogP contribution < -0.4 is 10.1 Å². The number of benzene rings is 2. The fourth-order valence-electron chi connectivity index (χ4n) is 2.86. The van der Waals surface area contributed by atoms with Crippen LogP contribution >= 0.6 is 27.3 Å². The maximum atomic E-state index is 12.6. The van der Waals surface area contributed by atoms with Gasteiger partial charge in [0, 0.05) is 21.5 Å². The molecule has 0 spiro atoms. The number of carbonyl (C=O) groups is 1. The van der Waals surface area contributed by atoms with Crippen LogP contribution in [0.1, 0.15) is 16.3 Å². The number of thiazole rings is 1. The molecule has 0 atom stereocenters. The van der Waals surface area contributed by atoms with Crippen LogP contribution in [0.15, 0.2) is 71.0 Å². The van der Waals surface area contributed by atoms with E-state index >= 15 is 0 Å². The minimum Gasteiger partial charge on any atom is -0.487 e. The number of ether oxygens (including phenoxy) is 1. The zero-order valence-electron chi connectivity index (χ0n) is 16.5. The number of nitrogens with one attached hydrogen (secondary N) is 1. The number of anilines is 1. The molecule has 0 saturated heterocycles. The van der Waals surface area contributed by atoms with Crippen molar-refractivity contribution >= 4 is 44.9 Å². The maximum absolute atomic E-state index is 12.6. The minimum absolute atomic E-state index is 0.274. The topological polar surface area (TPSA) is 81.9 Å². The van der Waals surface area contributed by atoms with Gasteiger partial charge in [0.15, 0.2) is 0 Å². The van der Waals surface area contributed by atoms with Gasteiger partial charge < -0.3 is 10.1 Å². The number of hydrogen-bond acceptors (Lipinski definition) is 6. The predicted molar refractivity (Wildman–Crippen MR) is 124 cm³/mol. The Balaban J connectivity index is 1.47. The van der Waals surface area contributed by atoms with Crippen LogP contribution in [0.25, 0.3) is 11.8 Å². The van der Waals surface area contributed by atoms with Gasteiger partial charge in [-0.2, -0.15) is 5.10 Å². The van der Waals surface area contributed by atoms with Crippen molar-refractivity contribution in [3.63, 3.8) is 0 Å². The van der Waals surface area contributed by atoms with Crippen molar-refractivity contribution in [2.45, 2.75) is 13.5 Å². The highest BCUT2D eigenvalue weighted by Gasteiger charge is 2.09. The second-order valence-corrected chi connectivity index (χ2v) is 8.49. The van der Waals surface area contributed by atoms with Gasteiger partial charge in [0.1, 0.15) is 25.0 Å². The van der Waals surface area contributed by atoms with E-state index in [1.165, 1.54) is 12.4 Å². The predicted octanol–water partition coefficient (Wildman–Crippen LogP) is 5.03. The Hall–Kier alpha value is -3.30. The Morgan fingerprint density at radius 2 is 2.16 bits per heavy atom. The van der Waals surface area contributed by atoms with Gasteiger partial charge >= 0.3 is 0 Å². The molecule has 9 heteroatoms. The molecular formula is C22H18BrN5O2S. The highest BCUT2D eigenvalue weighted by atomic mass is 79.9. The Bertz CT molecular complexity index is 1220. The van der Waals surface area contributed by atoms with E-state index in [1.54, 1.807) is 28.4 Å². The van der Waals surface area contributed by atoms with Crippen molar-refractivity contribution in [2.24, 2.45) is 0 Å². The first-order valence-corrected chi connectivity index (χ1v) is 11.0. The number of rotatable bonds is 7. The number of hydrogen-bond donors (Lipinski definition) is 1. The number of nitrogens with zero attached hydrogens (tertiary/aromatic N) is 4. The molecule has 0 radical (unpaired) electrons. The molecule has 0 aliphatic heterocycles. The largest absolute Gasteiger partial charge is 0.487 e. The number of para-hydroxylation sites is 1. The molecule has 1 N–H and O–H groups in total. The number of aromatic nitrogens is 4. The fraction of sp³-hybridized carbons (Fsp3) is 0.0909. The van der Waals surface area contributed by atoms with Crippen molar-refractivity contribution in [3.05, 3.63) is 87.3 Å². The molecule has 2 aromatic heterocycles. The molecule has 1 amide bonds. The van der Waals surface area contributed by atoms with E-state index in [2.05, 4.69) is 36.3 Å². The zero-order chi connectivity index (χ0) is 21.6. The standard InChI is InChI=1S/C22H18BrN5O2S/c1-15-26-18(12-31-15)11-30-21-5-3-2-4-16(21)6-9-22(29)27-19-10-17(23)7-8-20(19)28-14-24-13-25-28/h2-10,12-14H,11H2,1H3,(H,27,29). The normalized spacial score (nSPS) is 11.0. The Morgan fingerprint density at radius 3 is 2.94 bits per heavy atom. The Kier molecular flexibility index (Phi) is 6.54. The van der Waals surface area contributed by atoms with Crippen molar-refractivity contribution in [1.29, 1.82) is 0 Å². The van der Waals surface area contributed by atoms with Crippen molar-refractivity contribution in [3.8, 4) is 11.4 Å². The van der Waals surface area contributed by atoms with Crippen LogP contribution in [0, 0.1) is 6.92 Å². The van der Waals surface area contributed by atoms with Gasteiger partial charge in [-0.1, -0.05) is 34.1 Å². The quantitative estimate of drug-likeness (QED) is 0.363. The lowest BCUT2D eigenvalue weighted by atomic mass is 10.2. The smallest absolute Gasteiger partial charge is 0.248 e. The van der Waals surface area contributed by atoms with Gasteiger partial charge in [0.2, 0.25) is 5.91 Å². The van der Waals surface area contributed by atoms with Crippen molar-refractivity contribution in [1.82, 2.24) is 19.7 Å². The van der Waals surface area contributed by atoms with Gasteiger partial charge in [0.25, 0.3) is 0 Å². The summed E-state index contributed by atoms with van der Waals surface area (Å²) in [4.78, 5) is 21.0. The van der Waals surface area contributed by atoms with Gasteiger partial charge in [0.05, 0.1) is 22.1 Å². The van der Waals surface area contributed by atoms with Crippen LogP contribution in [0.4, 0.5) is 5.69 Å². The summed E-state index contributed by atoms with van der Waals surface area (Å²) in [7, 11) is 0. The summed E-state index contributed by atoms with van der Waals surface area (Å²) in [5.74, 6) is 0.410. The summed E-state index contributed by atoms with van der Waals surface area (Å²) in [6.07, 6.45) is 6.22. The lowest BCUT2D eigenvalue weighted by Gasteiger charge is -2.10. The van der Waals surface area contributed by atoms with Crippen molar-refractivity contribution < 1.29 is 9.53 Å². The lowest BCUT2D eigenvalue weighted by molar-refractivity contribution is -0.111. The van der Waals surface area contributed by atoms with E-state index in [-0.39, 0.29) is 5.91 Å². The first kappa shape index (κ1) is 21.0. The molecule has 156 valence electrons. The average Bonchev–Trinajstić information content (AvgIpc) is 3.43. The summed E-state index contributed by atoms with van der Waals surface area (Å²) in [5, 5.41) is 10.0. The van der Waals surface area contributed by atoms with E-state index in [1.807, 2.05) is 54.8 Å². The van der Waals surface area contributed by atoms with E-state index in [0.717, 1.165) is 20.7 Å². The van der Waals surface area contributed by atoms with Crippen molar-refractivity contribution in [2.75, 3.05) is 5.32 Å². The SMILES string of the molecule is Cc1nc(COc2ccccc2C=CC(=O)Nc2cc(Br)ccc2-n2cncn2)cs1. The van der Waals surface area contributed by atoms with E-state index < -0.39 is 0 Å². The van der Waals surface area contributed by atoms with E-state index in [0.29, 0.717) is 23.7 Å². The fourth-order valence-corrected chi connectivity index (χ4v) is 3.81. The molecule has 0 unspecified atom stereocenters. The minimum atomic E-state index is -0.274. The van der Waals surface area contributed by atoms with Gasteiger partial charge in [-0.3, -0.25) is 4.79 Å². The third-order valence-corrected chi connectivity index (χ3v) is 5.57. The number of halogens is 1. The molecule has 0 fully saturated rings. The molecule has 7 nitrogen and oxygen atoms in total. The summed E-state index contributed by atoms with van der Waals surface area (Å²) >= 11 is 5.03. The molecule has 2 aromatic carbocycles. The van der Waals surface area contributed by atoms with Crippen LogP contribution in [-0.4, -0.2) is 25.7 Å². The maximum Gasteiger partial charge on any atom is 0.248 e. The van der Waals surface area contributed by atoms with Gasteiger partial charge in [-0.25, -0.2) is 14.6 Å². The average molecular weight is 496 g/mol. The van der Waals surface area contributed by atoms with Crippen LogP contribution in [0.5, 0.6) is 5.75 Å². The summed E-state index contributed by atoms with van der Waals surface area (Å²) < 4.78 is 8.34. The van der Waals surface area contributed by atoms with Crippen LogP contribution in [-0.2, 0) is 11.4 Å². The number of aryl methyl sites for hydroxylation is 1. The third-order valence-electron chi connectivity index (χ3n) is 4.26. The second-order valence-electron chi connectivity index (χ2n) is 6.51. The van der Waals surface area contributed by atoms with Crippen LogP contribution in [0.3, 0.4) is 0 Å². The van der Waals surface area contributed by atoms with Gasteiger partial charge in [-0.15, -0.1) is 11.3 Å². The summed E-state index contributed by atoms with van der Waals surface area (Å²) in [6, 6.07) is 13.1. The molecule has 2 heterocycles. The van der Waals surface area contributed by atoms with E-state index in [4.69, 9.17) is 4.74 Å². The molecule has 0 aliphatic carbocycles. The van der Waals surface area contributed by atoms with Gasteiger partial charge in [-0.05, 0) is 37.3 Å². The molecule has 0 aliphatic rings. The molecular weight excluding hydrogens is 478 g/mol. The summed E-state index contributed by atoms with van der Waals surface area (Å²) in [5.41, 5.74) is 3.01. The molecule has 0 saturated carbocycles. The van der Waals surface area contributed by atoms with E-state index in [9.17, 15) is 4.79 Å². The van der Waals surface area contributed by atoms with Crippen LogP contribution in [0.2, 0.25) is 0 Å². The molecule has 31 heavy (non-hydrogen) atoms. The first-order chi connectivity index (χ1) is 15.1. The monoisotopic (exact) mass is 495 g/mol. The molecule has 4 rings (SSSR count). The number of carbonyl (C=O) groups excluding carboxylic acids is 1. The molecule has 0 bridgehead atoms. The summed E-state index contributed by atoms with van der Waals surface area (Å²) in [6.45, 7) is 2.34. The number of amides is 1. The Morgan fingerprint density at radius 1 is 1.29 bits per heavy atom. The molecule has 4 aromatic rings. The Labute approximate surface area is 191 Å². The zero-order valence-corrected chi connectivity index (χ0v) is 18.9. The third kappa shape index (κ3) is 5.44. The second kappa shape index (κ2) is 9.67. The lowest BCUT2D eigenvalue weighted by Crippen LogP contribution is -2.11. The highest BCUT2D eigenvalue weighted by molar-refractivity contribution is 9.10. The highest BCUT2D eigenvalue weighted by Crippen LogP contribution is 2.25. The first-order valence-electron chi connectivity index (χ1n) is 9.35.